The molecule has 2 aliphatic rings. The van der Waals surface area contributed by atoms with Gasteiger partial charge in [0.1, 0.15) is 18.1 Å². The Labute approximate surface area is 278 Å². The van der Waals surface area contributed by atoms with E-state index in [0.717, 1.165) is 37.7 Å². The van der Waals surface area contributed by atoms with Gasteiger partial charge >= 0.3 is 0 Å². The quantitative estimate of drug-likeness (QED) is 0.154. The number of H-pyrrole nitrogens is 1. The average Bonchev–Trinajstić information content (AvgIpc) is 3.75. The van der Waals surface area contributed by atoms with Gasteiger partial charge in [-0.25, -0.2) is 4.98 Å². The zero-order valence-electron chi connectivity index (χ0n) is 28.2. The summed E-state index contributed by atoms with van der Waals surface area (Å²) in [5.41, 5.74) is 1.43. The number of nitrogens with zero attached hydrogens (tertiary/aromatic N) is 1. The fourth-order valence-electron chi connectivity index (χ4n) is 7.00. The smallest absolute Gasteiger partial charge is 0.243 e. The Hall–Kier alpha value is -3.73. The van der Waals surface area contributed by atoms with Crippen LogP contribution in [0.4, 0.5) is 0 Å². The van der Waals surface area contributed by atoms with Crippen LogP contribution in [0.15, 0.2) is 42.9 Å². The highest BCUT2D eigenvalue weighted by molar-refractivity contribution is 5.95. The van der Waals surface area contributed by atoms with Gasteiger partial charge in [-0.1, -0.05) is 89.6 Å². The number of carbonyl (C=O) groups excluding carboxylic acids is 4. The van der Waals surface area contributed by atoms with E-state index in [9.17, 15) is 24.3 Å². The van der Waals surface area contributed by atoms with Gasteiger partial charge in [0.2, 0.25) is 23.6 Å². The highest BCUT2D eigenvalue weighted by atomic mass is 16.3. The molecule has 1 aliphatic heterocycles. The van der Waals surface area contributed by atoms with E-state index in [0.29, 0.717) is 42.7 Å². The van der Waals surface area contributed by atoms with Crippen molar-refractivity contribution in [2.24, 2.45) is 17.8 Å². The number of aliphatic hydroxyl groups is 1. The van der Waals surface area contributed by atoms with Crippen molar-refractivity contribution in [2.75, 3.05) is 0 Å². The largest absolute Gasteiger partial charge is 0.391 e. The maximum atomic E-state index is 14.1. The lowest BCUT2D eigenvalue weighted by Crippen LogP contribution is -2.58. The lowest BCUT2D eigenvalue weighted by molar-refractivity contribution is -0.133. The third kappa shape index (κ3) is 11.2. The van der Waals surface area contributed by atoms with Crippen molar-refractivity contribution >= 4 is 23.6 Å². The minimum Gasteiger partial charge on any atom is -0.391 e. The van der Waals surface area contributed by atoms with E-state index in [2.05, 4.69) is 52.0 Å². The molecule has 11 heteroatoms. The molecule has 6 N–H and O–H groups in total. The minimum absolute atomic E-state index is 0.127. The van der Waals surface area contributed by atoms with Crippen molar-refractivity contribution in [3.05, 3.63) is 54.1 Å². The number of benzene rings is 1. The topological polar surface area (TPSA) is 165 Å². The molecular weight excluding hydrogens is 596 g/mol. The number of rotatable bonds is 17. The van der Waals surface area contributed by atoms with Crippen LogP contribution in [0.2, 0.25) is 0 Å². The minimum atomic E-state index is -1.000. The summed E-state index contributed by atoms with van der Waals surface area (Å²) in [6, 6.07) is 6.17. The van der Waals surface area contributed by atoms with Gasteiger partial charge in [0, 0.05) is 25.5 Å². The van der Waals surface area contributed by atoms with Gasteiger partial charge in [0.15, 0.2) is 0 Å². The second-order valence-electron chi connectivity index (χ2n) is 13.8. The second-order valence-corrected chi connectivity index (χ2v) is 13.8. The van der Waals surface area contributed by atoms with Crippen LogP contribution in [0.5, 0.6) is 0 Å². The number of nitrogens with one attached hydrogen (secondary N) is 5. The monoisotopic (exact) mass is 650 g/mol. The zero-order chi connectivity index (χ0) is 33.8. The maximum absolute atomic E-state index is 14.1. The summed E-state index contributed by atoms with van der Waals surface area (Å²) in [5, 5.41) is 23.1. The Bertz CT molecular complexity index is 1280. The molecule has 2 fully saturated rings. The Kier molecular flexibility index (Phi) is 13.8. The summed E-state index contributed by atoms with van der Waals surface area (Å²) in [5.74, 6) is -0.406. The molecule has 4 rings (SSSR count). The number of amides is 4. The molecule has 11 nitrogen and oxygen atoms in total. The third-order valence-electron chi connectivity index (χ3n) is 9.94. The van der Waals surface area contributed by atoms with Crippen molar-refractivity contribution in [1.82, 2.24) is 31.2 Å². The molecule has 2 heterocycles. The molecule has 0 radical (unpaired) electrons. The standard InChI is InChI=1S/C36H54N6O5/c1-4-26(23(2)3)19-32(43)29(17-24-11-7-5-8-12-24)40-36(47)31(20-27-21-37-22-38-27)42-35(46)30(18-25-13-9-6-10-14-25)41-34(45)28-15-16-33(44)39-28/h6,9-10,13-14,21-24,26,28-32,43H,4-5,7-8,11-12,15-20H2,1-3H3,(H,37,38)(H,39,44)(H,40,47)(H,41,45)(H,42,46)/t26-,28?,29-,30-,31-,32-/m0/s1. The molecule has 6 atom stereocenters. The van der Waals surface area contributed by atoms with Gasteiger partial charge < -0.3 is 31.4 Å². The molecule has 1 aromatic heterocycles. The average molecular weight is 651 g/mol. The number of aromatic nitrogens is 2. The molecule has 2 aromatic rings. The Morgan fingerprint density at radius 2 is 1.66 bits per heavy atom. The van der Waals surface area contributed by atoms with Crippen molar-refractivity contribution < 1.29 is 24.3 Å². The first-order chi connectivity index (χ1) is 22.6. The highest BCUT2D eigenvalue weighted by Crippen LogP contribution is 2.30. The lowest BCUT2D eigenvalue weighted by Gasteiger charge is -2.33. The molecule has 4 amide bonds. The van der Waals surface area contributed by atoms with Gasteiger partial charge in [-0.15, -0.1) is 0 Å². The fraction of sp³-hybridized carbons (Fsp3) is 0.639. The van der Waals surface area contributed by atoms with Crippen LogP contribution < -0.4 is 21.3 Å². The van der Waals surface area contributed by atoms with E-state index < -0.39 is 48.0 Å². The Balaban J connectivity index is 1.53. The Morgan fingerprint density at radius 3 is 2.28 bits per heavy atom. The SMILES string of the molecule is CC[C@@H](C[C@H](O)[C@H](CC1CCCCC1)NC(=O)[C@H](Cc1c[nH]cn1)NC(=O)[C@H](Cc1ccccc1)NC(=O)C1CCC(=O)N1)C(C)C. The number of imidazole rings is 1. The van der Waals surface area contributed by atoms with E-state index in [4.69, 9.17) is 0 Å². The predicted molar refractivity (Wildman–Crippen MR) is 180 cm³/mol. The number of hydrogen-bond acceptors (Lipinski definition) is 6. The summed E-state index contributed by atoms with van der Waals surface area (Å²) in [6.07, 6.45) is 11.3. The first-order valence-electron chi connectivity index (χ1n) is 17.5. The molecule has 1 unspecified atom stereocenters. The molecule has 1 saturated heterocycles. The molecule has 47 heavy (non-hydrogen) atoms. The summed E-state index contributed by atoms with van der Waals surface area (Å²) in [6.45, 7) is 6.46. The van der Waals surface area contributed by atoms with Gasteiger partial charge in [-0.3, -0.25) is 19.2 Å². The predicted octanol–water partition coefficient (Wildman–Crippen LogP) is 3.33. The number of carbonyl (C=O) groups is 4. The number of aliphatic hydroxyl groups excluding tert-OH is 1. The van der Waals surface area contributed by atoms with Gasteiger partial charge in [-0.05, 0) is 42.6 Å². The van der Waals surface area contributed by atoms with Gasteiger partial charge in [-0.2, -0.15) is 0 Å². The molecule has 1 aromatic carbocycles. The van der Waals surface area contributed by atoms with Crippen molar-refractivity contribution in [2.45, 2.75) is 128 Å². The Morgan fingerprint density at radius 1 is 0.957 bits per heavy atom. The van der Waals surface area contributed by atoms with Crippen LogP contribution in [0, 0.1) is 17.8 Å². The molecular formula is C36H54N6O5. The molecule has 258 valence electrons. The van der Waals surface area contributed by atoms with Crippen LogP contribution in [-0.2, 0) is 32.0 Å². The summed E-state index contributed by atoms with van der Waals surface area (Å²) >= 11 is 0. The molecule has 0 bridgehead atoms. The normalized spacial score (nSPS) is 20.1. The van der Waals surface area contributed by atoms with Crippen LogP contribution in [0.25, 0.3) is 0 Å². The maximum Gasteiger partial charge on any atom is 0.243 e. The lowest BCUT2D eigenvalue weighted by atomic mass is 9.80. The van der Waals surface area contributed by atoms with E-state index in [-0.39, 0.29) is 25.2 Å². The van der Waals surface area contributed by atoms with Gasteiger partial charge in [0.05, 0.1) is 24.2 Å². The first-order valence-corrected chi connectivity index (χ1v) is 17.5. The molecule has 0 spiro atoms. The van der Waals surface area contributed by atoms with Crippen molar-refractivity contribution in [3.8, 4) is 0 Å². The van der Waals surface area contributed by atoms with Crippen LogP contribution in [-0.4, -0.2) is 69.0 Å². The van der Waals surface area contributed by atoms with Crippen LogP contribution in [0.3, 0.4) is 0 Å². The molecule has 1 aliphatic carbocycles. The highest BCUT2D eigenvalue weighted by Gasteiger charge is 2.34. The van der Waals surface area contributed by atoms with Crippen LogP contribution in [0.1, 0.15) is 96.2 Å². The number of aromatic amines is 1. The summed E-state index contributed by atoms with van der Waals surface area (Å²) in [4.78, 5) is 60.1. The van der Waals surface area contributed by atoms with E-state index in [1.807, 2.05) is 30.3 Å². The fourth-order valence-corrected chi connectivity index (χ4v) is 7.00. The van der Waals surface area contributed by atoms with Crippen molar-refractivity contribution in [1.29, 1.82) is 0 Å². The zero-order valence-corrected chi connectivity index (χ0v) is 28.2. The molecule has 1 saturated carbocycles. The van der Waals surface area contributed by atoms with Gasteiger partial charge in [0.25, 0.3) is 0 Å². The van der Waals surface area contributed by atoms with E-state index >= 15 is 0 Å². The summed E-state index contributed by atoms with van der Waals surface area (Å²) in [7, 11) is 0. The third-order valence-corrected chi connectivity index (χ3v) is 9.94. The summed E-state index contributed by atoms with van der Waals surface area (Å²) < 4.78 is 0. The van der Waals surface area contributed by atoms with E-state index in [1.165, 1.54) is 12.7 Å². The van der Waals surface area contributed by atoms with Crippen LogP contribution >= 0.6 is 0 Å². The van der Waals surface area contributed by atoms with Crippen molar-refractivity contribution in [3.63, 3.8) is 0 Å². The number of hydrogen-bond donors (Lipinski definition) is 6. The first kappa shape index (κ1) is 36.1. The van der Waals surface area contributed by atoms with E-state index in [1.54, 1.807) is 6.20 Å². The second kappa shape index (κ2) is 18.0.